The third kappa shape index (κ3) is 2.93. The normalized spacial score (nSPS) is 17.9. The first-order valence-electron chi connectivity index (χ1n) is 7.32. The summed E-state index contributed by atoms with van der Waals surface area (Å²) >= 11 is 0. The SMILES string of the molecule is Cc1cc(CN2CCC(S(=O)(=O)c3nccn3C)CC2)on1. The molecule has 0 atom stereocenters. The van der Waals surface area contributed by atoms with Crippen LogP contribution in [0.1, 0.15) is 24.3 Å². The highest BCUT2D eigenvalue weighted by Crippen LogP contribution is 2.24. The lowest BCUT2D eigenvalue weighted by Crippen LogP contribution is -2.39. The van der Waals surface area contributed by atoms with Gasteiger partial charge >= 0.3 is 0 Å². The van der Waals surface area contributed by atoms with Crippen LogP contribution in [-0.4, -0.2) is 46.4 Å². The number of aromatic nitrogens is 3. The van der Waals surface area contributed by atoms with Gasteiger partial charge in [0.05, 0.1) is 17.5 Å². The number of likely N-dealkylation sites (tertiary alicyclic amines) is 1. The summed E-state index contributed by atoms with van der Waals surface area (Å²) in [4.78, 5) is 6.19. The monoisotopic (exact) mass is 324 g/mol. The van der Waals surface area contributed by atoms with Crippen molar-refractivity contribution in [2.45, 2.75) is 36.7 Å². The van der Waals surface area contributed by atoms with Crippen LogP contribution in [0.2, 0.25) is 0 Å². The summed E-state index contributed by atoms with van der Waals surface area (Å²) in [7, 11) is -1.64. The van der Waals surface area contributed by atoms with Gasteiger partial charge in [-0.05, 0) is 32.9 Å². The van der Waals surface area contributed by atoms with Crippen molar-refractivity contribution in [3.8, 4) is 0 Å². The lowest BCUT2D eigenvalue weighted by molar-refractivity contribution is 0.198. The van der Waals surface area contributed by atoms with Crippen LogP contribution in [-0.2, 0) is 23.4 Å². The number of piperidine rings is 1. The Kier molecular flexibility index (Phi) is 4.05. The molecule has 0 N–H and O–H groups in total. The van der Waals surface area contributed by atoms with Crippen LogP contribution in [0.4, 0.5) is 0 Å². The molecule has 2 aromatic rings. The number of sulfone groups is 1. The number of nitrogens with zero attached hydrogens (tertiary/aromatic N) is 4. The lowest BCUT2D eigenvalue weighted by Gasteiger charge is -2.30. The topological polar surface area (TPSA) is 81.2 Å². The molecule has 0 aliphatic carbocycles. The zero-order chi connectivity index (χ0) is 15.7. The van der Waals surface area contributed by atoms with E-state index >= 15 is 0 Å². The van der Waals surface area contributed by atoms with Gasteiger partial charge in [0, 0.05) is 25.5 Å². The van der Waals surface area contributed by atoms with Gasteiger partial charge in [-0.1, -0.05) is 5.16 Å². The Bertz CT molecular complexity index is 742. The van der Waals surface area contributed by atoms with Gasteiger partial charge in [0.15, 0.2) is 5.76 Å². The molecule has 2 aromatic heterocycles. The Hall–Kier alpha value is -1.67. The number of hydrogen-bond donors (Lipinski definition) is 0. The average Bonchev–Trinajstić information content (AvgIpc) is 3.08. The van der Waals surface area contributed by atoms with E-state index in [9.17, 15) is 8.42 Å². The summed E-state index contributed by atoms with van der Waals surface area (Å²) in [5.74, 6) is 0.822. The Morgan fingerprint density at radius 3 is 2.64 bits per heavy atom. The lowest BCUT2D eigenvalue weighted by atomic mass is 10.1. The van der Waals surface area contributed by atoms with E-state index in [1.165, 1.54) is 6.20 Å². The first-order chi connectivity index (χ1) is 10.5. The van der Waals surface area contributed by atoms with Crippen LogP contribution in [0.25, 0.3) is 0 Å². The van der Waals surface area contributed by atoms with E-state index in [-0.39, 0.29) is 10.4 Å². The fourth-order valence-corrected chi connectivity index (χ4v) is 4.66. The van der Waals surface area contributed by atoms with E-state index < -0.39 is 9.84 Å². The molecule has 3 rings (SSSR count). The van der Waals surface area contributed by atoms with Gasteiger partial charge in [0.25, 0.3) is 0 Å². The third-order valence-corrected chi connectivity index (χ3v) is 6.31. The molecule has 120 valence electrons. The minimum Gasteiger partial charge on any atom is -0.360 e. The molecule has 0 amide bonds. The fraction of sp³-hybridized carbons (Fsp3) is 0.571. The molecular weight excluding hydrogens is 304 g/mol. The highest BCUT2D eigenvalue weighted by molar-refractivity contribution is 7.91. The molecule has 3 heterocycles. The maximum atomic E-state index is 12.6. The predicted molar refractivity (Wildman–Crippen MR) is 79.9 cm³/mol. The van der Waals surface area contributed by atoms with Crippen molar-refractivity contribution >= 4 is 9.84 Å². The minimum atomic E-state index is -3.35. The summed E-state index contributed by atoms with van der Waals surface area (Å²) in [6.07, 6.45) is 4.41. The van der Waals surface area contributed by atoms with E-state index in [0.29, 0.717) is 19.4 Å². The molecule has 1 aliphatic rings. The smallest absolute Gasteiger partial charge is 0.227 e. The molecule has 0 radical (unpaired) electrons. The van der Waals surface area contributed by atoms with Crippen LogP contribution in [0.15, 0.2) is 28.1 Å². The maximum absolute atomic E-state index is 12.6. The highest BCUT2D eigenvalue weighted by atomic mass is 32.2. The summed E-state index contributed by atoms with van der Waals surface area (Å²) < 4.78 is 32.0. The van der Waals surface area contributed by atoms with Gasteiger partial charge in [0.2, 0.25) is 15.0 Å². The van der Waals surface area contributed by atoms with E-state index in [4.69, 9.17) is 4.52 Å². The molecule has 0 spiro atoms. The molecule has 0 aromatic carbocycles. The molecule has 0 unspecified atom stereocenters. The quantitative estimate of drug-likeness (QED) is 0.839. The van der Waals surface area contributed by atoms with Gasteiger partial charge in [0.1, 0.15) is 0 Å². The van der Waals surface area contributed by atoms with Crippen LogP contribution in [0, 0.1) is 6.92 Å². The first kappa shape index (κ1) is 15.2. The number of hydrogen-bond acceptors (Lipinski definition) is 6. The van der Waals surface area contributed by atoms with Gasteiger partial charge in [-0.15, -0.1) is 0 Å². The second kappa shape index (κ2) is 5.85. The van der Waals surface area contributed by atoms with Crippen molar-refractivity contribution in [3.63, 3.8) is 0 Å². The molecule has 22 heavy (non-hydrogen) atoms. The molecule has 1 aliphatic heterocycles. The summed E-state index contributed by atoms with van der Waals surface area (Å²) in [6.45, 7) is 4.02. The predicted octanol–water partition coefficient (Wildman–Crippen LogP) is 1.15. The summed E-state index contributed by atoms with van der Waals surface area (Å²) in [5.41, 5.74) is 0.863. The molecule has 0 saturated carbocycles. The zero-order valence-corrected chi connectivity index (χ0v) is 13.6. The second-order valence-electron chi connectivity index (χ2n) is 5.78. The Labute approximate surface area is 129 Å². The van der Waals surface area contributed by atoms with Crippen molar-refractivity contribution in [3.05, 3.63) is 29.9 Å². The van der Waals surface area contributed by atoms with Gasteiger partial charge in [-0.25, -0.2) is 13.4 Å². The van der Waals surface area contributed by atoms with Crippen LogP contribution >= 0.6 is 0 Å². The largest absolute Gasteiger partial charge is 0.360 e. The summed E-state index contributed by atoms with van der Waals surface area (Å²) in [6, 6.07) is 1.91. The van der Waals surface area contributed by atoms with Crippen LogP contribution < -0.4 is 0 Å². The molecule has 8 heteroatoms. The van der Waals surface area contributed by atoms with Crippen LogP contribution in [0.3, 0.4) is 0 Å². The number of rotatable bonds is 4. The first-order valence-corrected chi connectivity index (χ1v) is 8.87. The van der Waals surface area contributed by atoms with Crippen molar-refractivity contribution in [1.29, 1.82) is 0 Å². The van der Waals surface area contributed by atoms with Gasteiger partial charge < -0.3 is 9.09 Å². The van der Waals surface area contributed by atoms with E-state index in [1.54, 1.807) is 17.8 Å². The van der Waals surface area contributed by atoms with Gasteiger partial charge in [-0.2, -0.15) is 0 Å². The standard InChI is InChI=1S/C14H20N4O3S/c1-11-9-12(21-16-11)10-18-6-3-13(4-7-18)22(19,20)14-15-5-8-17(14)2/h5,8-9,13H,3-4,6-7,10H2,1-2H3. The molecular formula is C14H20N4O3S. The Morgan fingerprint density at radius 1 is 1.36 bits per heavy atom. The average molecular weight is 324 g/mol. The van der Waals surface area contributed by atoms with Crippen molar-refractivity contribution < 1.29 is 12.9 Å². The zero-order valence-electron chi connectivity index (χ0n) is 12.8. The summed E-state index contributed by atoms with van der Waals surface area (Å²) in [5, 5.41) is 3.68. The van der Waals surface area contributed by atoms with Crippen LogP contribution in [0.5, 0.6) is 0 Å². The van der Waals surface area contributed by atoms with E-state index in [2.05, 4.69) is 15.0 Å². The molecule has 1 fully saturated rings. The molecule has 1 saturated heterocycles. The number of imidazole rings is 1. The van der Waals surface area contributed by atoms with Crippen molar-refractivity contribution in [2.24, 2.45) is 7.05 Å². The number of aryl methyl sites for hydroxylation is 2. The van der Waals surface area contributed by atoms with Crippen molar-refractivity contribution in [1.82, 2.24) is 19.6 Å². The highest BCUT2D eigenvalue weighted by Gasteiger charge is 2.33. The fourth-order valence-electron chi connectivity index (χ4n) is 2.86. The van der Waals surface area contributed by atoms with Crippen molar-refractivity contribution in [2.75, 3.05) is 13.1 Å². The van der Waals surface area contributed by atoms with Gasteiger partial charge in [-0.3, -0.25) is 4.90 Å². The molecule has 7 nitrogen and oxygen atoms in total. The minimum absolute atomic E-state index is 0.164. The Morgan fingerprint density at radius 2 is 2.09 bits per heavy atom. The second-order valence-corrected chi connectivity index (χ2v) is 7.90. The van der Waals surface area contributed by atoms with E-state index in [1.807, 2.05) is 13.0 Å². The molecule has 0 bridgehead atoms. The maximum Gasteiger partial charge on any atom is 0.227 e. The Balaban J connectivity index is 1.63. The third-order valence-electron chi connectivity index (χ3n) is 4.06. The van der Waals surface area contributed by atoms with E-state index in [0.717, 1.165) is 24.5 Å².